The molecule has 13 heavy (non-hydrogen) atoms. The van der Waals surface area contributed by atoms with E-state index in [1.54, 1.807) is 6.92 Å². The van der Waals surface area contributed by atoms with Crippen molar-refractivity contribution in [3.05, 3.63) is 0 Å². The molecule has 2 atom stereocenters. The second-order valence-electron chi connectivity index (χ2n) is 4.44. The maximum absolute atomic E-state index is 11.3. The second kappa shape index (κ2) is 4.58. The number of amides is 1. The van der Waals surface area contributed by atoms with E-state index in [0.29, 0.717) is 0 Å². The number of carbonyl (C=O) groups is 1. The van der Waals surface area contributed by atoms with Crippen molar-refractivity contribution in [3.8, 4) is 0 Å². The summed E-state index contributed by atoms with van der Waals surface area (Å²) in [7, 11) is 0. The zero-order valence-corrected chi connectivity index (χ0v) is 8.79. The predicted octanol–water partition coefficient (Wildman–Crippen LogP) is -0.143. The standard InChI is InChI=1S/C9H20N2O2/c1-6(12)5-11-8(13)7(10)9(2,3)4/h6-7,12H,5,10H2,1-4H3,(H,11,13)/t6-,7-/m1/s1. The van der Waals surface area contributed by atoms with Gasteiger partial charge in [-0.25, -0.2) is 0 Å². The number of nitrogens with two attached hydrogens (primary N) is 1. The Labute approximate surface area is 79.5 Å². The highest BCUT2D eigenvalue weighted by Crippen LogP contribution is 2.16. The lowest BCUT2D eigenvalue weighted by atomic mass is 9.87. The molecule has 0 rings (SSSR count). The highest BCUT2D eigenvalue weighted by molar-refractivity contribution is 5.82. The quantitative estimate of drug-likeness (QED) is 0.577. The Morgan fingerprint density at radius 3 is 2.31 bits per heavy atom. The van der Waals surface area contributed by atoms with Gasteiger partial charge in [0.2, 0.25) is 5.91 Å². The predicted molar refractivity (Wildman–Crippen MR) is 52.1 cm³/mol. The minimum atomic E-state index is -0.536. The van der Waals surface area contributed by atoms with Crippen LogP contribution in [0, 0.1) is 5.41 Å². The molecule has 0 heterocycles. The molecule has 0 bridgehead atoms. The van der Waals surface area contributed by atoms with Gasteiger partial charge >= 0.3 is 0 Å². The SMILES string of the molecule is C[C@@H](O)CNC(=O)[C@@H](N)C(C)(C)C. The van der Waals surface area contributed by atoms with Gasteiger partial charge in [-0.3, -0.25) is 4.79 Å². The Morgan fingerprint density at radius 1 is 1.54 bits per heavy atom. The van der Waals surface area contributed by atoms with Crippen molar-refractivity contribution >= 4 is 5.91 Å². The summed E-state index contributed by atoms with van der Waals surface area (Å²) in [5.41, 5.74) is 5.44. The molecule has 0 aromatic rings. The summed E-state index contributed by atoms with van der Waals surface area (Å²) in [4.78, 5) is 11.3. The smallest absolute Gasteiger partial charge is 0.237 e. The first kappa shape index (κ1) is 12.4. The van der Waals surface area contributed by atoms with Gasteiger partial charge in [0, 0.05) is 6.54 Å². The van der Waals surface area contributed by atoms with Crippen molar-refractivity contribution in [3.63, 3.8) is 0 Å². The summed E-state index contributed by atoms with van der Waals surface area (Å²) in [6, 6.07) is -0.536. The number of rotatable bonds is 3. The molecule has 4 heteroatoms. The zero-order valence-electron chi connectivity index (χ0n) is 8.79. The first-order chi connectivity index (χ1) is 5.75. The number of aliphatic hydroxyl groups is 1. The first-order valence-corrected chi connectivity index (χ1v) is 4.46. The molecule has 4 nitrogen and oxygen atoms in total. The van der Waals surface area contributed by atoms with Gasteiger partial charge in [0.15, 0.2) is 0 Å². The van der Waals surface area contributed by atoms with E-state index in [4.69, 9.17) is 10.8 Å². The molecule has 0 aromatic heterocycles. The Morgan fingerprint density at radius 2 is 2.00 bits per heavy atom. The van der Waals surface area contributed by atoms with E-state index in [-0.39, 0.29) is 17.9 Å². The molecule has 0 aliphatic heterocycles. The molecule has 0 saturated heterocycles. The molecule has 0 unspecified atom stereocenters. The molecule has 0 fully saturated rings. The van der Waals surface area contributed by atoms with Gasteiger partial charge in [-0.05, 0) is 12.3 Å². The fraction of sp³-hybridized carbons (Fsp3) is 0.889. The fourth-order valence-corrected chi connectivity index (χ4v) is 0.752. The molecule has 0 aromatic carbocycles. The maximum Gasteiger partial charge on any atom is 0.237 e. The van der Waals surface area contributed by atoms with E-state index in [1.165, 1.54) is 0 Å². The lowest BCUT2D eigenvalue weighted by molar-refractivity contribution is -0.124. The van der Waals surface area contributed by atoms with Crippen molar-refractivity contribution < 1.29 is 9.90 Å². The maximum atomic E-state index is 11.3. The van der Waals surface area contributed by atoms with Gasteiger partial charge in [-0.1, -0.05) is 20.8 Å². The summed E-state index contributed by atoms with van der Waals surface area (Å²) in [5.74, 6) is -0.214. The monoisotopic (exact) mass is 188 g/mol. The fourth-order valence-electron chi connectivity index (χ4n) is 0.752. The summed E-state index contributed by atoms with van der Waals surface area (Å²) in [5, 5.41) is 11.5. The largest absolute Gasteiger partial charge is 0.392 e. The summed E-state index contributed by atoms with van der Waals surface area (Å²) in [6.45, 7) is 7.57. The van der Waals surface area contributed by atoms with E-state index in [0.717, 1.165) is 0 Å². The highest BCUT2D eigenvalue weighted by atomic mass is 16.3. The van der Waals surface area contributed by atoms with E-state index in [1.807, 2.05) is 20.8 Å². The van der Waals surface area contributed by atoms with E-state index < -0.39 is 12.1 Å². The highest BCUT2D eigenvalue weighted by Gasteiger charge is 2.27. The molecule has 1 amide bonds. The van der Waals surface area contributed by atoms with Crippen LogP contribution >= 0.6 is 0 Å². The molecular formula is C9H20N2O2. The summed E-state index contributed by atoms with van der Waals surface area (Å²) in [6.07, 6.45) is -0.531. The Balaban J connectivity index is 3.98. The van der Waals surface area contributed by atoms with Crippen molar-refractivity contribution in [2.24, 2.45) is 11.1 Å². The normalized spacial score (nSPS) is 16.5. The molecule has 4 N–H and O–H groups in total. The molecule has 0 aliphatic rings. The van der Waals surface area contributed by atoms with Crippen LogP contribution in [0.15, 0.2) is 0 Å². The van der Waals surface area contributed by atoms with Crippen LogP contribution in [0.5, 0.6) is 0 Å². The minimum Gasteiger partial charge on any atom is -0.392 e. The van der Waals surface area contributed by atoms with Crippen LogP contribution in [0.4, 0.5) is 0 Å². The third-order valence-corrected chi connectivity index (χ3v) is 1.79. The van der Waals surface area contributed by atoms with Crippen molar-refractivity contribution in [2.45, 2.75) is 39.8 Å². The lowest BCUT2D eigenvalue weighted by Crippen LogP contribution is -2.49. The van der Waals surface area contributed by atoms with Crippen LogP contribution in [0.2, 0.25) is 0 Å². The summed E-state index contributed by atoms with van der Waals surface area (Å²) < 4.78 is 0. The van der Waals surface area contributed by atoms with Gasteiger partial charge in [0.1, 0.15) is 0 Å². The van der Waals surface area contributed by atoms with Crippen LogP contribution < -0.4 is 11.1 Å². The van der Waals surface area contributed by atoms with Crippen LogP contribution in [0.25, 0.3) is 0 Å². The lowest BCUT2D eigenvalue weighted by Gasteiger charge is -2.26. The summed E-state index contributed by atoms with van der Waals surface area (Å²) >= 11 is 0. The molecule has 0 radical (unpaired) electrons. The molecule has 78 valence electrons. The molecule has 0 aliphatic carbocycles. The van der Waals surface area contributed by atoms with Gasteiger partial charge in [-0.15, -0.1) is 0 Å². The van der Waals surface area contributed by atoms with Crippen molar-refractivity contribution in [1.82, 2.24) is 5.32 Å². The number of aliphatic hydroxyl groups excluding tert-OH is 1. The second-order valence-corrected chi connectivity index (χ2v) is 4.44. The van der Waals surface area contributed by atoms with E-state index >= 15 is 0 Å². The minimum absolute atomic E-state index is 0.214. The van der Waals surface area contributed by atoms with Gasteiger partial charge in [-0.2, -0.15) is 0 Å². The average molecular weight is 188 g/mol. The van der Waals surface area contributed by atoms with Crippen LogP contribution in [0.1, 0.15) is 27.7 Å². The van der Waals surface area contributed by atoms with Crippen LogP contribution in [-0.2, 0) is 4.79 Å². The van der Waals surface area contributed by atoms with Crippen molar-refractivity contribution in [1.29, 1.82) is 0 Å². The van der Waals surface area contributed by atoms with E-state index in [9.17, 15) is 4.79 Å². The number of hydrogen-bond acceptors (Lipinski definition) is 3. The molecular weight excluding hydrogens is 168 g/mol. The third kappa shape index (κ3) is 4.85. The molecule has 0 spiro atoms. The Hall–Kier alpha value is -0.610. The zero-order chi connectivity index (χ0) is 10.6. The van der Waals surface area contributed by atoms with Crippen molar-refractivity contribution in [2.75, 3.05) is 6.54 Å². The third-order valence-electron chi connectivity index (χ3n) is 1.79. The topological polar surface area (TPSA) is 75.3 Å². The van der Waals surface area contributed by atoms with Gasteiger partial charge in [0.25, 0.3) is 0 Å². The van der Waals surface area contributed by atoms with E-state index in [2.05, 4.69) is 5.32 Å². The number of hydrogen-bond donors (Lipinski definition) is 3. The van der Waals surface area contributed by atoms with Crippen LogP contribution in [-0.4, -0.2) is 29.7 Å². The van der Waals surface area contributed by atoms with Gasteiger partial charge in [0.05, 0.1) is 12.1 Å². The first-order valence-electron chi connectivity index (χ1n) is 4.46. The average Bonchev–Trinajstić information content (AvgIpc) is 1.96. The number of carbonyl (C=O) groups excluding carboxylic acids is 1. The molecule has 0 saturated carbocycles. The number of nitrogens with one attached hydrogen (secondary N) is 1. The Kier molecular flexibility index (Phi) is 4.36. The Bertz CT molecular complexity index is 173. The van der Waals surface area contributed by atoms with Crippen LogP contribution in [0.3, 0.4) is 0 Å². The van der Waals surface area contributed by atoms with Gasteiger partial charge < -0.3 is 16.2 Å².